The Morgan fingerprint density at radius 1 is 0.853 bits per heavy atom. The van der Waals surface area contributed by atoms with E-state index in [1.807, 2.05) is 43.3 Å². The van der Waals surface area contributed by atoms with Gasteiger partial charge in [-0.25, -0.2) is 9.59 Å². The highest BCUT2D eigenvalue weighted by atomic mass is 79.9. The second-order valence-corrected chi connectivity index (χ2v) is 8.52. The van der Waals surface area contributed by atoms with Crippen molar-refractivity contribution in [3.8, 4) is 22.6 Å². The van der Waals surface area contributed by atoms with Gasteiger partial charge in [-0.3, -0.25) is 0 Å². The maximum Gasteiger partial charge on any atom is 0.344 e. The highest BCUT2D eigenvalue weighted by molar-refractivity contribution is 9.10. The Labute approximate surface area is 202 Å². The molecule has 0 saturated carbocycles. The fraction of sp³-hybridized carbons (Fsp3) is 0.111. The number of fused-ring (bicyclic) bond motifs is 2. The summed E-state index contributed by atoms with van der Waals surface area (Å²) in [5.41, 5.74) is 1.24. The van der Waals surface area contributed by atoms with E-state index in [4.69, 9.17) is 18.3 Å². The highest BCUT2D eigenvalue weighted by Crippen LogP contribution is 2.32. The lowest BCUT2D eigenvalue weighted by molar-refractivity contribution is 0.306. The lowest BCUT2D eigenvalue weighted by Crippen LogP contribution is -2.07. The second-order valence-electron chi connectivity index (χ2n) is 7.61. The van der Waals surface area contributed by atoms with Gasteiger partial charge in [-0.15, -0.1) is 0 Å². The summed E-state index contributed by atoms with van der Waals surface area (Å²) in [6, 6.07) is 21.4. The molecule has 6 nitrogen and oxygen atoms in total. The SMILES string of the molecule is CCOc1cccc2cc(-c3cc(=O)oc4cc(OCc5ccc(Br)cc5)ccc34)c(=O)oc12. The summed E-state index contributed by atoms with van der Waals surface area (Å²) in [4.78, 5) is 25.3. The smallest absolute Gasteiger partial charge is 0.344 e. The van der Waals surface area contributed by atoms with E-state index in [1.54, 1.807) is 30.3 Å². The molecule has 0 aliphatic heterocycles. The monoisotopic (exact) mass is 518 g/mol. The first-order valence-electron chi connectivity index (χ1n) is 10.7. The quantitative estimate of drug-likeness (QED) is 0.245. The molecule has 5 aromatic rings. The summed E-state index contributed by atoms with van der Waals surface area (Å²) in [6.45, 7) is 2.66. The number of rotatable bonds is 6. The van der Waals surface area contributed by atoms with Crippen LogP contribution in [0.4, 0.5) is 0 Å². The van der Waals surface area contributed by atoms with E-state index in [9.17, 15) is 9.59 Å². The van der Waals surface area contributed by atoms with Gasteiger partial charge in [-0.1, -0.05) is 40.2 Å². The molecule has 0 radical (unpaired) electrons. The third-order valence-corrected chi connectivity index (χ3v) is 5.88. The van der Waals surface area contributed by atoms with E-state index in [-0.39, 0.29) is 5.56 Å². The minimum Gasteiger partial charge on any atom is -0.490 e. The number of halogens is 1. The third-order valence-electron chi connectivity index (χ3n) is 5.35. The normalized spacial score (nSPS) is 11.1. The molecule has 0 saturated heterocycles. The molecule has 0 aliphatic carbocycles. The molecular formula is C27H19BrO6. The number of ether oxygens (including phenoxy) is 2. The van der Waals surface area contributed by atoms with E-state index in [1.165, 1.54) is 6.07 Å². The Hall–Kier alpha value is -3.84. The molecule has 2 heterocycles. The maximum atomic E-state index is 12.9. The van der Waals surface area contributed by atoms with E-state index in [2.05, 4.69) is 15.9 Å². The van der Waals surface area contributed by atoms with Gasteiger partial charge in [0.25, 0.3) is 0 Å². The van der Waals surface area contributed by atoms with Crippen molar-refractivity contribution >= 4 is 37.9 Å². The lowest BCUT2D eigenvalue weighted by atomic mass is 10.0. The Balaban J connectivity index is 1.55. The first-order chi connectivity index (χ1) is 16.5. The van der Waals surface area contributed by atoms with Crippen LogP contribution in [0, 0.1) is 0 Å². The zero-order valence-electron chi connectivity index (χ0n) is 18.2. The van der Waals surface area contributed by atoms with Crippen LogP contribution >= 0.6 is 15.9 Å². The molecule has 0 N–H and O–H groups in total. The number of hydrogen-bond donors (Lipinski definition) is 0. The first kappa shape index (κ1) is 22.0. The number of benzene rings is 3. The van der Waals surface area contributed by atoms with Gasteiger partial charge in [0, 0.05) is 32.9 Å². The van der Waals surface area contributed by atoms with Crippen LogP contribution in [0.5, 0.6) is 11.5 Å². The molecule has 170 valence electrons. The van der Waals surface area contributed by atoms with Crippen LogP contribution in [0.2, 0.25) is 0 Å². The van der Waals surface area contributed by atoms with Gasteiger partial charge in [0.2, 0.25) is 0 Å². The van der Waals surface area contributed by atoms with Crippen LogP contribution in [0.1, 0.15) is 12.5 Å². The Kier molecular flexibility index (Phi) is 5.94. The average molecular weight is 519 g/mol. The van der Waals surface area contributed by atoms with E-state index >= 15 is 0 Å². The minimum absolute atomic E-state index is 0.266. The molecule has 0 atom stereocenters. The zero-order chi connectivity index (χ0) is 23.7. The highest BCUT2D eigenvalue weighted by Gasteiger charge is 2.16. The largest absolute Gasteiger partial charge is 0.490 e. The maximum absolute atomic E-state index is 12.9. The zero-order valence-corrected chi connectivity index (χ0v) is 19.8. The van der Waals surface area contributed by atoms with E-state index in [0.717, 1.165) is 10.0 Å². The fourth-order valence-electron chi connectivity index (χ4n) is 3.78. The van der Waals surface area contributed by atoms with Crippen molar-refractivity contribution in [3.63, 3.8) is 0 Å². The van der Waals surface area contributed by atoms with Crippen LogP contribution in [-0.2, 0) is 6.61 Å². The predicted molar refractivity (Wildman–Crippen MR) is 134 cm³/mol. The molecule has 7 heteroatoms. The summed E-state index contributed by atoms with van der Waals surface area (Å²) >= 11 is 3.41. The molecule has 0 fully saturated rings. The van der Waals surface area contributed by atoms with Gasteiger partial charge >= 0.3 is 11.3 Å². The standard InChI is InChI=1S/C27H19BrO6/c1-2-31-23-5-3-4-17-12-22(27(30)34-26(17)23)21-14-25(29)33-24-13-19(10-11-20(21)24)32-15-16-6-8-18(28)9-7-16/h3-14H,2,15H2,1H3. The van der Waals surface area contributed by atoms with Crippen LogP contribution in [-0.4, -0.2) is 6.61 Å². The summed E-state index contributed by atoms with van der Waals surface area (Å²) in [7, 11) is 0. The summed E-state index contributed by atoms with van der Waals surface area (Å²) in [5, 5.41) is 1.29. The third kappa shape index (κ3) is 4.34. The minimum atomic E-state index is -0.574. The van der Waals surface area contributed by atoms with Gasteiger partial charge in [-0.05, 0) is 48.9 Å². The number of hydrogen-bond acceptors (Lipinski definition) is 6. The topological polar surface area (TPSA) is 78.9 Å². The van der Waals surface area contributed by atoms with Crippen LogP contribution in [0.25, 0.3) is 33.1 Å². The Morgan fingerprint density at radius 3 is 2.47 bits per heavy atom. The van der Waals surface area contributed by atoms with Gasteiger partial charge < -0.3 is 18.3 Å². The Morgan fingerprint density at radius 2 is 1.68 bits per heavy atom. The van der Waals surface area contributed by atoms with Crippen molar-refractivity contribution in [2.24, 2.45) is 0 Å². The predicted octanol–water partition coefficient (Wildman–Crippen LogP) is 6.31. The van der Waals surface area contributed by atoms with Crippen LogP contribution in [0.15, 0.2) is 95.7 Å². The van der Waals surface area contributed by atoms with Crippen molar-refractivity contribution in [2.45, 2.75) is 13.5 Å². The van der Waals surface area contributed by atoms with Gasteiger partial charge in [-0.2, -0.15) is 0 Å². The van der Waals surface area contributed by atoms with E-state index < -0.39 is 11.3 Å². The molecular weight excluding hydrogens is 500 g/mol. The second kappa shape index (κ2) is 9.19. The van der Waals surface area contributed by atoms with Crippen molar-refractivity contribution in [2.75, 3.05) is 6.61 Å². The molecule has 2 aromatic heterocycles. The van der Waals surface area contributed by atoms with Crippen LogP contribution in [0.3, 0.4) is 0 Å². The summed E-state index contributed by atoms with van der Waals surface area (Å²) in [5.74, 6) is 1.04. The molecule has 34 heavy (non-hydrogen) atoms. The van der Waals surface area contributed by atoms with E-state index in [0.29, 0.717) is 52.2 Å². The molecule has 0 spiro atoms. The molecule has 0 bridgehead atoms. The van der Waals surface area contributed by atoms with Crippen molar-refractivity contribution in [1.82, 2.24) is 0 Å². The van der Waals surface area contributed by atoms with Crippen molar-refractivity contribution in [1.29, 1.82) is 0 Å². The molecule has 3 aromatic carbocycles. The van der Waals surface area contributed by atoms with Gasteiger partial charge in [0.1, 0.15) is 17.9 Å². The molecule has 0 unspecified atom stereocenters. The van der Waals surface area contributed by atoms with Gasteiger partial charge in [0.05, 0.1) is 12.2 Å². The summed E-state index contributed by atoms with van der Waals surface area (Å²) in [6.07, 6.45) is 0. The molecule has 0 amide bonds. The molecule has 0 aliphatic rings. The number of para-hydroxylation sites is 1. The fourth-order valence-corrected chi connectivity index (χ4v) is 4.04. The summed E-state index contributed by atoms with van der Waals surface area (Å²) < 4.78 is 23.4. The van der Waals surface area contributed by atoms with Crippen molar-refractivity contribution < 1.29 is 18.3 Å². The average Bonchev–Trinajstić information content (AvgIpc) is 2.83. The van der Waals surface area contributed by atoms with Crippen LogP contribution < -0.4 is 20.7 Å². The molecule has 5 rings (SSSR count). The van der Waals surface area contributed by atoms with Crippen molar-refractivity contribution in [3.05, 3.63) is 104 Å². The first-order valence-corrected chi connectivity index (χ1v) is 11.5. The Bertz CT molecular complexity index is 1620. The van der Waals surface area contributed by atoms with Gasteiger partial charge in [0.15, 0.2) is 11.3 Å². The lowest BCUT2D eigenvalue weighted by Gasteiger charge is -2.10.